The third kappa shape index (κ3) is 2.31. The molecule has 3 heteroatoms. The lowest BCUT2D eigenvalue weighted by atomic mass is 10.1. The van der Waals surface area contributed by atoms with Crippen LogP contribution in [-0.2, 0) is 0 Å². The van der Waals surface area contributed by atoms with Gasteiger partial charge < -0.3 is 4.98 Å². The molecule has 1 amide bonds. The van der Waals surface area contributed by atoms with Gasteiger partial charge in [0.05, 0.1) is 5.56 Å². The maximum atomic E-state index is 10.9. The molecule has 0 aliphatic carbocycles. The summed E-state index contributed by atoms with van der Waals surface area (Å²) in [6, 6.07) is 17.7. The molecule has 0 atom stereocenters. The van der Waals surface area contributed by atoms with E-state index >= 15 is 0 Å². The van der Waals surface area contributed by atoms with E-state index in [1.807, 2.05) is 36.5 Å². The monoisotopic (exact) mass is 248 g/mol. The van der Waals surface area contributed by atoms with Crippen LogP contribution in [0.15, 0.2) is 65.8 Å². The topological polar surface area (TPSA) is 45.2 Å². The van der Waals surface area contributed by atoms with Crippen LogP contribution >= 0.6 is 0 Å². The summed E-state index contributed by atoms with van der Waals surface area (Å²) in [5.41, 5.74) is 2.84. The number of para-hydroxylation sites is 1. The third-order valence-corrected chi connectivity index (χ3v) is 2.97. The van der Waals surface area contributed by atoms with E-state index < -0.39 is 0 Å². The fraction of sp³-hybridized carbons (Fsp3) is 0. The molecule has 0 unspecified atom stereocenters. The zero-order valence-corrected chi connectivity index (χ0v) is 10.2. The molecule has 0 saturated heterocycles. The molecule has 0 spiro atoms. The number of amides is 1. The van der Waals surface area contributed by atoms with Crippen molar-refractivity contribution in [1.29, 1.82) is 0 Å². The zero-order chi connectivity index (χ0) is 13.1. The highest BCUT2D eigenvalue weighted by Crippen LogP contribution is 2.12. The Morgan fingerprint density at radius 1 is 0.895 bits per heavy atom. The Labute approximate surface area is 110 Å². The molecule has 1 aromatic heterocycles. The Morgan fingerprint density at radius 3 is 2.53 bits per heavy atom. The number of H-pyrrole nitrogens is 1. The fourth-order valence-corrected chi connectivity index (χ4v) is 2.00. The van der Waals surface area contributed by atoms with E-state index in [9.17, 15) is 4.79 Å². The molecule has 19 heavy (non-hydrogen) atoms. The number of nitrogens with zero attached hydrogens (tertiary/aromatic N) is 1. The van der Waals surface area contributed by atoms with Gasteiger partial charge in [0.2, 0.25) is 0 Å². The summed E-state index contributed by atoms with van der Waals surface area (Å²) in [7, 11) is 0. The Kier molecular flexibility index (Phi) is 2.94. The summed E-state index contributed by atoms with van der Waals surface area (Å²) in [6.45, 7) is 0. The first-order chi connectivity index (χ1) is 9.34. The first-order valence-electron chi connectivity index (χ1n) is 6.04. The molecule has 0 radical (unpaired) electrons. The summed E-state index contributed by atoms with van der Waals surface area (Å²) in [4.78, 5) is 17.6. The number of hydrogen-bond acceptors (Lipinski definition) is 1. The molecule has 0 bridgehead atoms. The van der Waals surface area contributed by atoms with Gasteiger partial charge in [0.1, 0.15) is 0 Å². The molecule has 1 N–H and O–H groups in total. The van der Waals surface area contributed by atoms with E-state index in [0.29, 0.717) is 5.56 Å². The molecular formula is C16H12N2O. The van der Waals surface area contributed by atoms with Crippen molar-refractivity contribution >= 4 is 23.0 Å². The lowest BCUT2D eigenvalue weighted by Gasteiger charge is -1.89. The zero-order valence-electron chi connectivity index (χ0n) is 10.2. The maximum Gasteiger partial charge on any atom is 0.277 e. The van der Waals surface area contributed by atoms with Crippen LogP contribution in [-0.4, -0.2) is 17.1 Å². The first kappa shape index (κ1) is 11.4. The number of fused-ring (bicyclic) bond motifs is 2. The van der Waals surface area contributed by atoms with Crippen molar-refractivity contribution in [3.8, 4) is 0 Å². The molecule has 4 rings (SSSR count). The lowest BCUT2D eigenvalue weighted by molar-refractivity contribution is 0.101. The van der Waals surface area contributed by atoms with Crippen LogP contribution in [0.5, 0.6) is 0 Å². The Bertz CT molecular complexity index is 726. The molecule has 2 aromatic carbocycles. The minimum Gasteiger partial charge on any atom is -0.361 e. The van der Waals surface area contributed by atoms with E-state index in [1.165, 1.54) is 10.9 Å². The van der Waals surface area contributed by atoms with Gasteiger partial charge in [0, 0.05) is 23.5 Å². The predicted octanol–water partition coefficient (Wildman–Crippen LogP) is 3.43. The van der Waals surface area contributed by atoms with Gasteiger partial charge in [-0.2, -0.15) is 0 Å². The van der Waals surface area contributed by atoms with Gasteiger partial charge >= 0.3 is 0 Å². The molecule has 0 fully saturated rings. The van der Waals surface area contributed by atoms with E-state index in [1.54, 1.807) is 12.3 Å². The molecule has 92 valence electrons. The average molecular weight is 248 g/mol. The van der Waals surface area contributed by atoms with Gasteiger partial charge in [0.25, 0.3) is 5.91 Å². The highest BCUT2D eigenvalue weighted by Gasteiger charge is 2.12. The number of aromatic nitrogens is 1. The number of aliphatic imine (C=N–C) groups is 1. The summed E-state index contributed by atoms with van der Waals surface area (Å²) < 4.78 is 0. The normalized spacial score (nSPS) is 12.1. The van der Waals surface area contributed by atoms with Gasteiger partial charge in [-0.1, -0.05) is 36.4 Å². The van der Waals surface area contributed by atoms with E-state index in [0.717, 1.165) is 5.56 Å². The predicted molar refractivity (Wildman–Crippen MR) is 76.7 cm³/mol. The van der Waals surface area contributed by atoms with Crippen LogP contribution < -0.4 is 0 Å². The third-order valence-electron chi connectivity index (χ3n) is 2.97. The van der Waals surface area contributed by atoms with Crippen LogP contribution in [0.25, 0.3) is 10.9 Å². The van der Waals surface area contributed by atoms with Crippen molar-refractivity contribution < 1.29 is 4.79 Å². The first-order valence-corrected chi connectivity index (χ1v) is 6.04. The van der Waals surface area contributed by atoms with Crippen LogP contribution in [0, 0.1) is 0 Å². The van der Waals surface area contributed by atoms with Gasteiger partial charge in [0.15, 0.2) is 0 Å². The molecular weight excluding hydrogens is 236 g/mol. The van der Waals surface area contributed by atoms with E-state index in [-0.39, 0.29) is 5.91 Å². The second-order valence-corrected chi connectivity index (χ2v) is 4.22. The quantitative estimate of drug-likeness (QED) is 0.651. The Hall–Kier alpha value is -2.68. The lowest BCUT2D eigenvalue weighted by Crippen LogP contribution is -1.89. The molecule has 2 heterocycles. The number of benzene rings is 2. The van der Waals surface area contributed by atoms with Crippen molar-refractivity contribution in [2.24, 2.45) is 4.99 Å². The SMILES string of the molecule is O=C1N=Cc2ccccc21.c1ccc2[nH]ccc2c1. The van der Waals surface area contributed by atoms with Crippen LogP contribution in [0.4, 0.5) is 0 Å². The van der Waals surface area contributed by atoms with Crippen molar-refractivity contribution in [1.82, 2.24) is 4.98 Å². The highest BCUT2D eigenvalue weighted by atomic mass is 16.1. The van der Waals surface area contributed by atoms with Gasteiger partial charge in [-0.3, -0.25) is 4.79 Å². The maximum absolute atomic E-state index is 10.9. The van der Waals surface area contributed by atoms with Gasteiger partial charge in [-0.05, 0) is 23.6 Å². The minimum absolute atomic E-state index is 0.129. The number of carbonyl (C=O) groups excluding carboxylic acids is 1. The van der Waals surface area contributed by atoms with E-state index in [4.69, 9.17) is 0 Å². The van der Waals surface area contributed by atoms with Crippen molar-refractivity contribution in [2.45, 2.75) is 0 Å². The van der Waals surface area contributed by atoms with E-state index in [2.05, 4.69) is 28.2 Å². The molecule has 3 nitrogen and oxygen atoms in total. The summed E-state index contributed by atoms with van der Waals surface area (Å²) in [5.74, 6) is -0.129. The van der Waals surface area contributed by atoms with Gasteiger partial charge in [-0.15, -0.1) is 0 Å². The Balaban J connectivity index is 0.000000117. The fourth-order valence-electron chi connectivity index (χ4n) is 2.00. The van der Waals surface area contributed by atoms with Crippen molar-refractivity contribution in [3.63, 3.8) is 0 Å². The number of nitrogens with one attached hydrogen (secondary N) is 1. The average Bonchev–Trinajstić information content (AvgIpc) is 3.07. The standard InChI is InChI=1S/C8H5NO.C8H7N/c10-8-7-4-2-1-3-6(7)5-9-8;1-2-4-8-7(3-1)5-6-9-8/h1-5H;1-6,9H. The second kappa shape index (κ2) is 4.90. The smallest absolute Gasteiger partial charge is 0.277 e. The number of hydrogen-bond donors (Lipinski definition) is 1. The molecule has 3 aromatic rings. The number of carbonyl (C=O) groups is 1. The van der Waals surface area contributed by atoms with Crippen molar-refractivity contribution in [3.05, 3.63) is 71.9 Å². The second-order valence-electron chi connectivity index (χ2n) is 4.22. The van der Waals surface area contributed by atoms with Crippen LogP contribution in [0.3, 0.4) is 0 Å². The van der Waals surface area contributed by atoms with Crippen molar-refractivity contribution in [2.75, 3.05) is 0 Å². The molecule has 1 aliphatic rings. The minimum atomic E-state index is -0.129. The van der Waals surface area contributed by atoms with Crippen LogP contribution in [0.2, 0.25) is 0 Å². The Morgan fingerprint density at radius 2 is 1.68 bits per heavy atom. The summed E-state index contributed by atoms with van der Waals surface area (Å²) >= 11 is 0. The largest absolute Gasteiger partial charge is 0.361 e. The molecule has 1 aliphatic heterocycles. The number of rotatable bonds is 0. The molecule has 0 saturated carbocycles. The summed E-state index contributed by atoms with van der Waals surface area (Å²) in [6.07, 6.45) is 3.54. The van der Waals surface area contributed by atoms with Crippen LogP contribution in [0.1, 0.15) is 15.9 Å². The number of aromatic amines is 1. The summed E-state index contributed by atoms with van der Waals surface area (Å²) in [5, 5.41) is 1.28. The van der Waals surface area contributed by atoms with Gasteiger partial charge in [-0.25, -0.2) is 4.99 Å². The highest BCUT2D eigenvalue weighted by molar-refractivity contribution is 6.12.